The number of rotatable bonds is 4. The first-order valence-corrected chi connectivity index (χ1v) is 8.56. The summed E-state index contributed by atoms with van der Waals surface area (Å²) in [7, 11) is -3.72. The molecule has 0 saturated carbocycles. The van der Waals surface area contributed by atoms with Crippen molar-refractivity contribution in [2.24, 2.45) is 0 Å². The Balaban J connectivity index is 2.11. The maximum Gasteiger partial charge on any atom is 0.261 e. The van der Waals surface area contributed by atoms with Gasteiger partial charge in [0.05, 0.1) is 10.6 Å². The number of aromatic nitrogens is 1. The van der Waals surface area contributed by atoms with Crippen LogP contribution in [0.15, 0.2) is 47.4 Å². The molecular formula is C17H16N2O3S. The van der Waals surface area contributed by atoms with E-state index in [0.717, 1.165) is 11.8 Å². The third-order valence-electron chi connectivity index (χ3n) is 3.75. The van der Waals surface area contributed by atoms with Gasteiger partial charge in [0.25, 0.3) is 10.0 Å². The SMILES string of the molecule is Cc1ccc(S(=O)(=O)Nc2cccc3[nH]c(C)c(C=O)c23)cc1. The topological polar surface area (TPSA) is 79.0 Å². The predicted molar refractivity (Wildman–Crippen MR) is 90.4 cm³/mol. The Morgan fingerprint density at radius 3 is 2.39 bits per heavy atom. The van der Waals surface area contributed by atoms with Crippen molar-refractivity contribution in [3.05, 3.63) is 59.3 Å². The van der Waals surface area contributed by atoms with Crippen LogP contribution in [0.1, 0.15) is 21.6 Å². The zero-order valence-electron chi connectivity index (χ0n) is 12.8. The minimum Gasteiger partial charge on any atom is -0.358 e. The highest BCUT2D eigenvalue weighted by Crippen LogP contribution is 2.30. The minimum atomic E-state index is -3.72. The largest absolute Gasteiger partial charge is 0.358 e. The van der Waals surface area contributed by atoms with Gasteiger partial charge < -0.3 is 4.98 Å². The van der Waals surface area contributed by atoms with Crippen molar-refractivity contribution < 1.29 is 13.2 Å². The average Bonchev–Trinajstić information content (AvgIpc) is 2.83. The van der Waals surface area contributed by atoms with E-state index in [1.54, 1.807) is 49.4 Å². The number of carbonyl (C=O) groups excluding carboxylic acids is 1. The van der Waals surface area contributed by atoms with E-state index in [1.165, 1.54) is 0 Å². The summed E-state index contributed by atoms with van der Waals surface area (Å²) in [6.45, 7) is 3.67. The molecule has 1 aromatic heterocycles. The van der Waals surface area contributed by atoms with E-state index in [1.807, 2.05) is 6.92 Å². The molecule has 0 unspecified atom stereocenters. The van der Waals surface area contributed by atoms with Crippen molar-refractivity contribution in [1.82, 2.24) is 4.98 Å². The Bertz CT molecular complexity index is 987. The number of hydrogen-bond acceptors (Lipinski definition) is 3. The Morgan fingerprint density at radius 2 is 1.74 bits per heavy atom. The second-order valence-electron chi connectivity index (χ2n) is 5.43. The van der Waals surface area contributed by atoms with E-state index >= 15 is 0 Å². The first-order valence-electron chi connectivity index (χ1n) is 7.08. The predicted octanol–water partition coefficient (Wildman–Crippen LogP) is 3.40. The standard InChI is InChI=1S/C17H16N2O3S/c1-11-6-8-13(9-7-11)23(21,22)19-16-5-3-4-15-17(16)14(10-20)12(2)18-15/h3-10,18-19H,1-2H3. The second-order valence-corrected chi connectivity index (χ2v) is 7.11. The maximum absolute atomic E-state index is 12.6. The highest BCUT2D eigenvalue weighted by molar-refractivity contribution is 7.92. The van der Waals surface area contributed by atoms with Crippen LogP contribution in [0.2, 0.25) is 0 Å². The van der Waals surface area contributed by atoms with E-state index in [9.17, 15) is 13.2 Å². The Kier molecular flexibility index (Phi) is 3.69. The fourth-order valence-corrected chi connectivity index (χ4v) is 3.63. The molecule has 0 aliphatic heterocycles. The van der Waals surface area contributed by atoms with E-state index in [-0.39, 0.29) is 4.90 Å². The molecule has 3 rings (SSSR count). The molecule has 23 heavy (non-hydrogen) atoms. The summed E-state index contributed by atoms with van der Waals surface area (Å²) in [6.07, 6.45) is 0.734. The van der Waals surface area contributed by atoms with Crippen molar-refractivity contribution >= 4 is 32.9 Å². The monoisotopic (exact) mass is 328 g/mol. The number of sulfonamides is 1. The van der Waals surface area contributed by atoms with Crippen LogP contribution >= 0.6 is 0 Å². The van der Waals surface area contributed by atoms with Gasteiger partial charge in [-0.1, -0.05) is 23.8 Å². The number of nitrogens with one attached hydrogen (secondary N) is 2. The third kappa shape index (κ3) is 2.73. The molecule has 0 spiro atoms. The normalized spacial score (nSPS) is 11.6. The van der Waals surface area contributed by atoms with Gasteiger partial charge in [0.1, 0.15) is 0 Å². The van der Waals surface area contributed by atoms with E-state index < -0.39 is 10.0 Å². The van der Waals surface area contributed by atoms with Gasteiger partial charge >= 0.3 is 0 Å². The Labute approximate surface area is 134 Å². The summed E-state index contributed by atoms with van der Waals surface area (Å²) in [5, 5.41) is 0.579. The second kappa shape index (κ2) is 5.55. The molecule has 5 nitrogen and oxygen atoms in total. The van der Waals surface area contributed by atoms with Gasteiger partial charge in [0, 0.05) is 22.2 Å². The number of anilines is 1. The lowest BCUT2D eigenvalue weighted by Crippen LogP contribution is -2.13. The molecule has 0 saturated heterocycles. The number of hydrogen-bond donors (Lipinski definition) is 2. The number of H-pyrrole nitrogens is 1. The van der Waals surface area contributed by atoms with Crippen LogP contribution in [0.5, 0.6) is 0 Å². The van der Waals surface area contributed by atoms with Crippen LogP contribution in [-0.2, 0) is 10.0 Å². The smallest absolute Gasteiger partial charge is 0.261 e. The minimum absolute atomic E-state index is 0.181. The molecule has 2 N–H and O–H groups in total. The van der Waals surface area contributed by atoms with Gasteiger partial charge in [0.15, 0.2) is 6.29 Å². The van der Waals surface area contributed by atoms with Gasteiger partial charge in [0.2, 0.25) is 0 Å². The summed E-state index contributed by atoms with van der Waals surface area (Å²) in [6, 6.07) is 11.8. The fraction of sp³-hybridized carbons (Fsp3) is 0.118. The van der Waals surface area contributed by atoms with Gasteiger partial charge in [-0.05, 0) is 38.1 Å². The molecule has 0 radical (unpaired) electrons. The molecule has 0 aliphatic rings. The Hall–Kier alpha value is -2.60. The van der Waals surface area contributed by atoms with E-state index in [4.69, 9.17) is 0 Å². The van der Waals surface area contributed by atoms with Gasteiger partial charge in [-0.25, -0.2) is 8.42 Å². The first kappa shape index (κ1) is 15.3. The molecule has 0 aliphatic carbocycles. The summed E-state index contributed by atoms with van der Waals surface area (Å²) in [4.78, 5) is 14.6. The third-order valence-corrected chi connectivity index (χ3v) is 5.13. The summed E-state index contributed by atoms with van der Waals surface area (Å²) in [5.74, 6) is 0. The lowest BCUT2D eigenvalue weighted by atomic mass is 10.1. The molecule has 6 heteroatoms. The van der Waals surface area contributed by atoms with Crippen molar-refractivity contribution in [2.75, 3.05) is 4.72 Å². The molecule has 1 heterocycles. The van der Waals surface area contributed by atoms with Crippen LogP contribution < -0.4 is 4.72 Å². The summed E-state index contributed by atoms with van der Waals surface area (Å²) in [5.41, 5.74) is 3.25. The van der Waals surface area contributed by atoms with Crippen molar-refractivity contribution in [3.8, 4) is 0 Å². The molecule has 0 amide bonds. The highest BCUT2D eigenvalue weighted by atomic mass is 32.2. The van der Waals surface area contributed by atoms with E-state index in [2.05, 4.69) is 9.71 Å². The lowest BCUT2D eigenvalue weighted by Gasteiger charge is -2.10. The number of aromatic amines is 1. The molecule has 0 bridgehead atoms. The number of fused-ring (bicyclic) bond motifs is 1. The van der Waals surface area contributed by atoms with Crippen LogP contribution in [0.3, 0.4) is 0 Å². The molecule has 0 atom stereocenters. The molecule has 3 aromatic rings. The number of aryl methyl sites for hydroxylation is 2. The van der Waals surface area contributed by atoms with Crippen molar-refractivity contribution in [2.45, 2.75) is 18.7 Å². The summed E-state index contributed by atoms with van der Waals surface area (Å²) >= 11 is 0. The quantitative estimate of drug-likeness (QED) is 0.720. The van der Waals surface area contributed by atoms with Crippen molar-refractivity contribution in [3.63, 3.8) is 0 Å². The van der Waals surface area contributed by atoms with E-state index in [0.29, 0.717) is 27.8 Å². The lowest BCUT2D eigenvalue weighted by molar-refractivity contribution is 0.112. The van der Waals surface area contributed by atoms with Gasteiger partial charge in [-0.3, -0.25) is 9.52 Å². The van der Waals surface area contributed by atoms with Crippen LogP contribution in [0.25, 0.3) is 10.9 Å². The number of carbonyl (C=O) groups is 1. The van der Waals surface area contributed by atoms with Crippen LogP contribution in [0.4, 0.5) is 5.69 Å². The number of aldehydes is 1. The van der Waals surface area contributed by atoms with Crippen LogP contribution in [0, 0.1) is 13.8 Å². The molecule has 118 valence electrons. The molecule has 2 aromatic carbocycles. The Morgan fingerprint density at radius 1 is 1.04 bits per heavy atom. The molecular weight excluding hydrogens is 312 g/mol. The van der Waals surface area contributed by atoms with Crippen LogP contribution in [-0.4, -0.2) is 19.7 Å². The van der Waals surface area contributed by atoms with Crippen molar-refractivity contribution in [1.29, 1.82) is 0 Å². The zero-order valence-corrected chi connectivity index (χ0v) is 13.6. The summed E-state index contributed by atoms with van der Waals surface area (Å²) < 4.78 is 27.7. The highest BCUT2D eigenvalue weighted by Gasteiger charge is 2.18. The fourth-order valence-electron chi connectivity index (χ4n) is 2.56. The average molecular weight is 328 g/mol. The van der Waals surface area contributed by atoms with Gasteiger partial charge in [-0.15, -0.1) is 0 Å². The van der Waals surface area contributed by atoms with Gasteiger partial charge in [-0.2, -0.15) is 0 Å². The molecule has 0 fully saturated rings. The number of benzene rings is 2. The maximum atomic E-state index is 12.6. The first-order chi connectivity index (χ1) is 10.9. The zero-order chi connectivity index (χ0) is 16.6.